The zero-order valence-electron chi connectivity index (χ0n) is 12.2. The van der Waals surface area contributed by atoms with Crippen LogP contribution in [0, 0.1) is 12.8 Å². The Morgan fingerprint density at radius 3 is 2.60 bits per heavy atom. The summed E-state index contributed by atoms with van der Waals surface area (Å²) in [6.07, 6.45) is 2.28. The van der Waals surface area contributed by atoms with Crippen LogP contribution in [0.25, 0.3) is 0 Å². The summed E-state index contributed by atoms with van der Waals surface area (Å²) in [4.78, 5) is 11.9. The second-order valence-corrected chi connectivity index (χ2v) is 5.38. The van der Waals surface area contributed by atoms with Crippen molar-refractivity contribution < 1.29 is 9.53 Å². The minimum Gasteiger partial charge on any atom is -0.381 e. The van der Waals surface area contributed by atoms with E-state index in [0.29, 0.717) is 6.54 Å². The van der Waals surface area contributed by atoms with Gasteiger partial charge in [0.1, 0.15) is 0 Å². The molecule has 2 N–H and O–H groups in total. The van der Waals surface area contributed by atoms with E-state index >= 15 is 0 Å². The van der Waals surface area contributed by atoms with E-state index < -0.39 is 0 Å². The fraction of sp³-hybridized carbons (Fsp3) is 0.562. The van der Waals surface area contributed by atoms with E-state index in [0.717, 1.165) is 50.6 Å². The Labute approximate surface area is 120 Å². The van der Waals surface area contributed by atoms with Crippen molar-refractivity contribution in [2.24, 2.45) is 5.92 Å². The fourth-order valence-electron chi connectivity index (χ4n) is 2.33. The molecule has 1 aliphatic rings. The first-order valence-electron chi connectivity index (χ1n) is 7.39. The Kier molecular flexibility index (Phi) is 6.02. The molecule has 1 aromatic carbocycles. The molecule has 4 heteroatoms. The maximum Gasteiger partial charge on any atom is 0.251 e. The lowest BCUT2D eigenvalue weighted by molar-refractivity contribution is 0.0664. The largest absolute Gasteiger partial charge is 0.381 e. The standard InChI is InChI=1S/C16H24N2O2/c1-13-2-4-15(5-3-13)16(19)18-9-8-17-12-14-6-10-20-11-7-14/h2-5,14,17H,6-12H2,1H3,(H,18,19). The molecule has 0 bridgehead atoms. The molecule has 110 valence electrons. The molecule has 0 aromatic heterocycles. The summed E-state index contributed by atoms with van der Waals surface area (Å²) in [5.74, 6) is 0.717. The van der Waals surface area contributed by atoms with Gasteiger partial charge in [-0.3, -0.25) is 4.79 Å². The summed E-state index contributed by atoms with van der Waals surface area (Å²) in [7, 11) is 0. The second kappa shape index (κ2) is 8.02. The SMILES string of the molecule is Cc1ccc(C(=O)NCCNCC2CCOCC2)cc1. The number of nitrogens with one attached hydrogen (secondary N) is 2. The third kappa shape index (κ3) is 4.94. The van der Waals surface area contributed by atoms with E-state index in [1.807, 2.05) is 31.2 Å². The lowest BCUT2D eigenvalue weighted by atomic mass is 10.0. The van der Waals surface area contributed by atoms with Crippen molar-refractivity contribution in [3.63, 3.8) is 0 Å². The Morgan fingerprint density at radius 1 is 1.20 bits per heavy atom. The Balaban J connectivity index is 1.58. The van der Waals surface area contributed by atoms with Crippen LogP contribution in [0.1, 0.15) is 28.8 Å². The van der Waals surface area contributed by atoms with E-state index in [2.05, 4.69) is 10.6 Å². The van der Waals surface area contributed by atoms with Gasteiger partial charge in [0.15, 0.2) is 0 Å². The van der Waals surface area contributed by atoms with Gasteiger partial charge < -0.3 is 15.4 Å². The van der Waals surface area contributed by atoms with Crippen LogP contribution >= 0.6 is 0 Å². The van der Waals surface area contributed by atoms with Crippen LogP contribution in [0.5, 0.6) is 0 Å². The highest BCUT2D eigenvalue weighted by Crippen LogP contribution is 2.12. The molecule has 20 heavy (non-hydrogen) atoms. The third-order valence-electron chi connectivity index (χ3n) is 3.67. The number of ether oxygens (including phenoxy) is 1. The number of hydrogen-bond donors (Lipinski definition) is 2. The van der Waals surface area contributed by atoms with Crippen molar-refractivity contribution in [3.8, 4) is 0 Å². The second-order valence-electron chi connectivity index (χ2n) is 5.38. The molecule has 1 aromatic rings. The number of carbonyl (C=O) groups excluding carboxylic acids is 1. The number of amides is 1. The first-order chi connectivity index (χ1) is 9.75. The molecule has 0 unspecified atom stereocenters. The van der Waals surface area contributed by atoms with E-state index in [4.69, 9.17) is 4.74 Å². The number of rotatable bonds is 6. The highest BCUT2D eigenvalue weighted by Gasteiger charge is 2.12. The molecule has 0 aliphatic carbocycles. The smallest absolute Gasteiger partial charge is 0.251 e. The van der Waals surface area contributed by atoms with Crippen molar-refractivity contribution in [2.75, 3.05) is 32.8 Å². The molecule has 0 saturated carbocycles. The average Bonchev–Trinajstić information content (AvgIpc) is 2.48. The Hall–Kier alpha value is -1.39. The highest BCUT2D eigenvalue weighted by atomic mass is 16.5. The van der Waals surface area contributed by atoms with Gasteiger partial charge in [-0.1, -0.05) is 17.7 Å². The predicted molar refractivity (Wildman–Crippen MR) is 79.9 cm³/mol. The summed E-state index contributed by atoms with van der Waals surface area (Å²) < 4.78 is 5.33. The van der Waals surface area contributed by atoms with Gasteiger partial charge in [-0.05, 0) is 44.4 Å². The minimum absolute atomic E-state index is 0.00198. The van der Waals surface area contributed by atoms with Crippen LogP contribution in [0.3, 0.4) is 0 Å². The van der Waals surface area contributed by atoms with Gasteiger partial charge in [0, 0.05) is 31.9 Å². The summed E-state index contributed by atoms with van der Waals surface area (Å²) in [5, 5.41) is 6.33. The van der Waals surface area contributed by atoms with E-state index in [1.54, 1.807) is 0 Å². The van der Waals surface area contributed by atoms with Gasteiger partial charge in [0.05, 0.1) is 0 Å². The van der Waals surface area contributed by atoms with Crippen LogP contribution in [0.4, 0.5) is 0 Å². The molecule has 0 atom stereocenters. The van der Waals surface area contributed by atoms with Crippen molar-refractivity contribution >= 4 is 5.91 Å². The number of carbonyl (C=O) groups is 1. The zero-order chi connectivity index (χ0) is 14.2. The summed E-state index contributed by atoms with van der Waals surface area (Å²) >= 11 is 0. The van der Waals surface area contributed by atoms with Crippen molar-refractivity contribution in [1.29, 1.82) is 0 Å². The van der Waals surface area contributed by atoms with E-state index in [9.17, 15) is 4.79 Å². The van der Waals surface area contributed by atoms with Gasteiger partial charge in [0.25, 0.3) is 5.91 Å². The first-order valence-corrected chi connectivity index (χ1v) is 7.39. The highest BCUT2D eigenvalue weighted by molar-refractivity contribution is 5.94. The molecular formula is C16H24N2O2. The fourth-order valence-corrected chi connectivity index (χ4v) is 2.33. The zero-order valence-corrected chi connectivity index (χ0v) is 12.2. The van der Waals surface area contributed by atoms with Gasteiger partial charge in [-0.2, -0.15) is 0 Å². The molecule has 1 amide bonds. The molecule has 2 rings (SSSR count). The molecule has 0 radical (unpaired) electrons. The van der Waals surface area contributed by atoms with Crippen LogP contribution in [0.2, 0.25) is 0 Å². The lowest BCUT2D eigenvalue weighted by Crippen LogP contribution is -2.35. The van der Waals surface area contributed by atoms with Gasteiger partial charge in [0.2, 0.25) is 0 Å². The maximum absolute atomic E-state index is 11.9. The Morgan fingerprint density at radius 2 is 1.90 bits per heavy atom. The average molecular weight is 276 g/mol. The topological polar surface area (TPSA) is 50.4 Å². The van der Waals surface area contributed by atoms with Gasteiger partial charge >= 0.3 is 0 Å². The van der Waals surface area contributed by atoms with Crippen LogP contribution < -0.4 is 10.6 Å². The molecular weight excluding hydrogens is 252 g/mol. The van der Waals surface area contributed by atoms with Crippen LogP contribution in [0.15, 0.2) is 24.3 Å². The summed E-state index contributed by atoms with van der Waals surface area (Å²) in [6, 6.07) is 7.64. The molecule has 4 nitrogen and oxygen atoms in total. The molecule has 1 aliphatic heterocycles. The molecule has 1 heterocycles. The van der Waals surface area contributed by atoms with Crippen LogP contribution in [-0.4, -0.2) is 38.8 Å². The van der Waals surface area contributed by atoms with Gasteiger partial charge in [-0.15, -0.1) is 0 Å². The monoisotopic (exact) mass is 276 g/mol. The lowest BCUT2D eigenvalue weighted by Gasteiger charge is -2.22. The molecule has 1 saturated heterocycles. The van der Waals surface area contributed by atoms with Crippen molar-refractivity contribution in [1.82, 2.24) is 10.6 Å². The summed E-state index contributed by atoms with van der Waals surface area (Å²) in [6.45, 7) is 6.28. The first kappa shape index (κ1) is 15.0. The van der Waals surface area contributed by atoms with E-state index in [1.165, 1.54) is 5.56 Å². The minimum atomic E-state index is -0.00198. The van der Waals surface area contributed by atoms with Crippen LogP contribution in [-0.2, 0) is 4.74 Å². The predicted octanol–water partition coefficient (Wildman–Crippen LogP) is 1.74. The molecule has 0 spiro atoms. The van der Waals surface area contributed by atoms with Crippen molar-refractivity contribution in [2.45, 2.75) is 19.8 Å². The number of hydrogen-bond acceptors (Lipinski definition) is 3. The maximum atomic E-state index is 11.9. The van der Waals surface area contributed by atoms with E-state index in [-0.39, 0.29) is 5.91 Å². The van der Waals surface area contributed by atoms with Gasteiger partial charge in [-0.25, -0.2) is 0 Å². The summed E-state index contributed by atoms with van der Waals surface area (Å²) in [5.41, 5.74) is 1.89. The Bertz CT molecular complexity index is 411. The number of benzene rings is 1. The molecule has 1 fully saturated rings. The normalized spacial score (nSPS) is 16.1. The number of aryl methyl sites for hydroxylation is 1. The van der Waals surface area contributed by atoms with Crippen molar-refractivity contribution in [3.05, 3.63) is 35.4 Å². The quantitative estimate of drug-likeness (QED) is 0.778. The third-order valence-corrected chi connectivity index (χ3v) is 3.67.